The highest BCUT2D eigenvalue weighted by Gasteiger charge is 2.06. The van der Waals surface area contributed by atoms with E-state index in [2.05, 4.69) is 20.4 Å². The van der Waals surface area contributed by atoms with E-state index in [0.29, 0.717) is 5.82 Å². The third-order valence-electron chi connectivity index (χ3n) is 1.21. The number of nitrogens with one attached hydrogen (secondary N) is 1. The Morgan fingerprint density at radius 1 is 1.54 bits per heavy atom. The van der Waals surface area contributed by atoms with Gasteiger partial charge in [-0.1, -0.05) is 0 Å². The number of anilines is 1. The van der Waals surface area contributed by atoms with Gasteiger partial charge in [0, 0.05) is 0 Å². The van der Waals surface area contributed by atoms with Gasteiger partial charge in [-0.3, -0.25) is 0 Å². The quantitative estimate of drug-likeness (QED) is 0.400. The lowest BCUT2D eigenvalue weighted by atomic mass is 10.4. The van der Waals surface area contributed by atoms with Crippen LogP contribution in [-0.2, 0) is 4.74 Å². The molecule has 0 radical (unpaired) electrons. The summed E-state index contributed by atoms with van der Waals surface area (Å²) in [6.07, 6.45) is 0. The molecule has 0 saturated carbocycles. The molecule has 0 bridgehead atoms. The van der Waals surface area contributed by atoms with Gasteiger partial charge in [-0.2, -0.15) is 0 Å². The second-order valence-corrected chi connectivity index (χ2v) is 1.94. The molecule has 1 aromatic rings. The number of halogens is 1. The van der Waals surface area contributed by atoms with Crippen molar-refractivity contribution in [2.45, 2.75) is 0 Å². The van der Waals surface area contributed by atoms with Crippen LogP contribution in [0.3, 0.4) is 0 Å². The van der Waals surface area contributed by atoms with Crippen molar-refractivity contribution < 1.29 is 9.53 Å². The average molecular weight is 205 g/mol. The molecule has 0 fully saturated rings. The zero-order valence-corrected chi connectivity index (χ0v) is 7.67. The molecule has 0 aromatic carbocycles. The molecular weight excluding hydrogens is 196 g/mol. The van der Waals surface area contributed by atoms with E-state index in [0.717, 1.165) is 0 Å². The Kier molecular flexibility index (Phi) is 4.71. The van der Waals surface area contributed by atoms with Crippen molar-refractivity contribution >= 4 is 24.2 Å². The minimum absolute atomic E-state index is 0. The molecule has 0 unspecified atom stereocenters. The fraction of sp³-hybridized carbons (Fsp3) is 0.167. The maximum absolute atomic E-state index is 10.8. The highest BCUT2D eigenvalue weighted by molar-refractivity contribution is 5.86. The first-order valence-electron chi connectivity index (χ1n) is 3.16. The Balaban J connectivity index is 0.00000144. The van der Waals surface area contributed by atoms with Crippen molar-refractivity contribution in [2.24, 2.45) is 5.84 Å². The summed E-state index contributed by atoms with van der Waals surface area (Å²) in [5.74, 6) is 4.91. The van der Waals surface area contributed by atoms with Crippen molar-refractivity contribution in [1.29, 1.82) is 0 Å². The smallest absolute Gasteiger partial charge is 0.358 e. The van der Waals surface area contributed by atoms with Gasteiger partial charge in [-0.05, 0) is 12.1 Å². The number of ether oxygens (including phenoxy) is 1. The van der Waals surface area contributed by atoms with Gasteiger partial charge < -0.3 is 10.2 Å². The largest absolute Gasteiger partial charge is 0.464 e. The van der Waals surface area contributed by atoms with E-state index < -0.39 is 5.97 Å². The lowest BCUT2D eigenvalue weighted by Crippen LogP contribution is -2.11. The van der Waals surface area contributed by atoms with Crippen LogP contribution in [0.15, 0.2) is 12.1 Å². The number of hydrogen-bond donors (Lipinski definition) is 2. The molecule has 3 N–H and O–H groups in total. The Bertz CT molecular complexity index is 276. The van der Waals surface area contributed by atoms with Crippen LogP contribution in [0.5, 0.6) is 0 Å². The molecule has 0 aliphatic rings. The lowest BCUT2D eigenvalue weighted by Gasteiger charge is -1.98. The molecule has 0 saturated heterocycles. The number of rotatable bonds is 2. The van der Waals surface area contributed by atoms with Crippen LogP contribution in [-0.4, -0.2) is 23.3 Å². The number of methoxy groups -OCH3 is 1. The SMILES string of the molecule is COC(=O)c1ccc(NN)nn1.Cl. The van der Waals surface area contributed by atoms with Crippen LogP contribution in [0.2, 0.25) is 0 Å². The number of nitrogens with two attached hydrogens (primary N) is 1. The average Bonchev–Trinajstić information content (AvgIpc) is 2.17. The predicted octanol–water partition coefficient (Wildman–Crippen LogP) is -0.0294. The Morgan fingerprint density at radius 2 is 2.23 bits per heavy atom. The maximum atomic E-state index is 10.8. The minimum atomic E-state index is -0.522. The van der Waals surface area contributed by atoms with E-state index >= 15 is 0 Å². The summed E-state index contributed by atoms with van der Waals surface area (Å²) < 4.78 is 4.42. The fourth-order valence-electron chi connectivity index (χ4n) is 0.623. The number of aromatic nitrogens is 2. The second kappa shape index (κ2) is 5.28. The first-order chi connectivity index (χ1) is 5.77. The van der Waals surface area contributed by atoms with Crippen molar-refractivity contribution in [3.63, 3.8) is 0 Å². The van der Waals surface area contributed by atoms with Gasteiger partial charge in [0.05, 0.1) is 7.11 Å². The van der Waals surface area contributed by atoms with Gasteiger partial charge in [0.15, 0.2) is 11.5 Å². The highest BCUT2D eigenvalue weighted by Crippen LogP contribution is 2.00. The van der Waals surface area contributed by atoms with Crippen molar-refractivity contribution in [2.75, 3.05) is 12.5 Å². The monoisotopic (exact) mass is 204 g/mol. The summed E-state index contributed by atoms with van der Waals surface area (Å²) in [6.45, 7) is 0. The third-order valence-corrected chi connectivity index (χ3v) is 1.21. The summed E-state index contributed by atoms with van der Waals surface area (Å²) in [4.78, 5) is 10.8. The normalized spacial score (nSPS) is 8.46. The molecule has 0 amide bonds. The molecule has 0 spiro atoms. The van der Waals surface area contributed by atoms with E-state index in [9.17, 15) is 4.79 Å². The Hall–Kier alpha value is -1.40. The first kappa shape index (κ1) is 11.6. The number of hydrazine groups is 1. The molecule has 13 heavy (non-hydrogen) atoms. The number of nitrogen functional groups attached to an aromatic ring is 1. The first-order valence-corrected chi connectivity index (χ1v) is 3.16. The molecule has 1 heterocycles. The predicted molar refractivity (Wildman–Crippen MR) is 48.4 cm³/mol. The summed E-state index contributed by atoms with van der Waals surface area (Å²) in [7, 11) is 1.28. The van der Waals surface area contributed by atoms with Crippen molar-refractivity contribution in [3.05, 3.63) is 17.8 Å². The van der Waals surface area contributed by atoms with Crippen molar-refractivity contribution in [3.8, 4) is 0 Å². The zero-order chi connectivity index (χ0) is 8.97. The molecule has 0 aliphatic carbocycles. The number of nitrogens with zero attached hydrogens (tertiary/aromatic N) is 2. The zero-order valence-electron chi connectivity index (χ0n) is 6.85. The van der Waals surface area contributed by atoms with Gasteiger partial charge in [-0.15, -0.1) is 22.6 Å². The molecule has 0 aliphatic heterocycles. The van der Waals surface area contributed by atoms with Gasteiger partial charge >= 0.3 is 5.97 Å². The van der Waals surface area contributed by atoms with Gasteiger partial charge in [0.1, 0.15) is 0 Å². The van der Waals surface area contributed by atoms with Gasteiger partial charge in [0.25, 0.3) is 0 Å². The summed E-state index contributed by atoms with van der Waals surface area (Å²) >= 11 is 0. The van der Waals surface area contributed by atoms with Crippen LogP contribution < -0.4 is 11.3 Å². The van der Waals surface area contributed by atoms with E-state index in [1.807, 2.05) is 0 Å². The van der Waals surface area contributed by atoms with E-state index in [4.69, 9.17) is 5.84 Å². The van der Waals surface area contributed by atoms with E-state index in [1.165, 1.54) is 19.2 Å². The number of esters is 1. The molecule has 1 aromatic heterocycles. The number of carbonyl (C=O) groups excluding carboxylic acids is 1. The molecule has 72 valence electrons. The van der Waals surface area contributed by atoms with E-state index in [1.54, 1.807) is 0 Å². The van der Waals surface area contributed by atoms with Crippen LogP contribution in [0.25, 0.3) is 0 Å². The van der Waals surface area contributed by atoms with Crippen LogP contribution >= 0.6 is 12.4 Å². The Labute approximate surface area is 80.9 Å². The third kappa shape index (κ3) is 2.85. The molecule has 7 heteroatoms. The molecule has 0 atom stereocenters. The highest BCUT2D eigenvalue weighted by atomic mass is 35.5. The second-order valence-electron chi connectivity index (χ2n) is 1.94. The van der Waals surface area contributed by atoms with E-state index in [-0.39, 0.29) is 18.1 Å². The number of carbonyl (C=O) groups is 1. The van der Waals surface area contributed by atoms with Crippen LogP contribution in [0.1, 0.15) is 10.5 Å². The number of hydrogen-bond acceptors (Lipinski definition) is 6. The summed E-state index contributed by atoms with van der Waals surface area (Å²) in [5.41, 5.74) is 2.43. The Morgan fingerprint density at radius 3 is 2.62 bits per heavy atom. The molecule has 6 nitrogen and oxygen atoms in total. The fourth-order valence-corrected chi connectivity index (χ4v) is 0.623. The summed E-state index contributed by atoms with van der Waals surface area (Å²) in [5, 5.41) is 7.13. The topological polar surface area (TPSA) is 90.1 Å². The molecular formula is C6H9ClN4O2. The molecule has 1 rings (SSSR count). The maximum Gasteiger partial charge on any atom is 0.358 e. The van der Waals surface area contributed by atoms with Crippen LogP contribution in [0.4, 0.5) is 5.82 Å². The minimum Gasteiger partial charge on any atom is -0.464 e. The standard InChI is InChI=1S/C6H8N4O2.ClH/c1-12-6(11)4-2-3-5(8-7)10-9-4;/h2-3H,7H2,1H3,(H,8,10);1H. The van der Waals surface area contributed by atoms with Gasteiger partial charge in [0.2, 0.25) is 0 Å². The lowest BCUT2D eigenvalue weighted by molar-refractivity contribution is 0.0593. The van der Waals surface area contributed by atoms with Crippen molar-refractivity contribution in [1.82, 2.24) is 10.2 Å². The van der Waals surface area contributed by atoms with Crippen LogP contribution in [0, 0.1) is 0 Å². The summed E-state index contributed by atoms with van der Waals surface area (Å²) in [6, 6.07) is 2.99. The van der Waals surface area contributed by atoms with Gasteiger partial charge in [-0.25, -0.2) is 10.6 Å².